The van der Waals surface area contributed by atoms with Crippen LogP contribution in [0.25, 0.3) is 0 Å². The minimum absolute atomic E-state index is 0.0643. The van der Waals surface area contributed by atoms with Crippen LogP contribution in [0.1, 0.15) is 33.4 Å². The number of hydrogen-bond acceptors (Lipinski definition) is 6. The molecule has 34 heavy (non-hydrogen) atoms. The van der Waals surface area contributed by atoms with Crippen molar-refractivity contribution in [3.8, 4) is 0 Å². The molecule has 0 aliphatic carbocycles. The van der Waals surface area contributed by atoms with Crippen LogP contribution in [0.5, 0.6) is 0 Å². The van der Waals surface area contributed by atoms with E-state index in [2.05, 4.69) is 20.8 Å². The van der Waals surface area contributed by atoms with Crippen molar-refractivity contribution in [2.24, 2.45) is 7.05 Å². The number of carbonyl (C=O) groups excluding carboxylic acids is 1. The zero-order valence-electron chi connectivity index (χ0n) is 19.8. The van der Waals surface area contributed by atoms with E-state index in [4.69, 9.17) is 11.6 Å². The topological polar surface area (TPSA) is 111 Å². The van der Waals surface area contributed by atoms with Gasteiger partial charge in [0.2, 0.25) is 5.91 Å². The average molecular weight is 485 g/mol. The van der Waals surface area contributed by atoms with E-state index in [0.717, 1.165) is 16.7 Å². The van der Waals surface area contributed by atoms with Crippen molar-refractivity contribution in [2.45, 2.75) is 46.3 Å². The number of rotatable bonds is 9. The minimum atomic E-state index is -0.336. The lowest BCUT2D eigenvalue weighted by atomic mass is 10.1. The summed E-state index contributed by atoms with van der Waals surface area (Å²) in [6, 6.07) is 5.56. The predicted octanol–water partition coefficient (Wildman–Crippen LogP) is 1.43. The smallest absolute Gasteiger partial charge is 0.270 e. The molecule has 0 aliphatic heterocycles. The van der Waals surface area contributed by atoms with Crippen molar-refractivity contribution >= 4 is 17.5 Å². The molecule has 0 saturated heterocycles. The van der Waals surface area contributed by atoms with Crippen LogP contribution in [0.4, 0.5) is 0 Å². The molecule has 0 aliphatic rings. The normalized spacial score (nSPS) is 11.0. The number of amides is 1. The Kier molecular flexibility index (Phi) is 8.36. The first-order valence-corrected chi connectivity index (χ1v) is 11.3. The summed E-state index contributed by atoms with van der Waals surface area (Å²) < 4.78 is 2.57. The summed E-state index contributed by atoms with van der Waals surface area (Å²) in [5, 5.41) is 14.8. The lowest BCUT2D eigenvalue weighted by Crippen LogP contribution is -2.33. The molecule has 2 heterocycles. The van der Waals surface area contributed by atoms with Crippen molar-refractivity contribution in [3.05, 3.63) is 89.7 Å². The van der Waals surface area contributed by atoms with Crippen molar-refractivity contribution < 1.29 is 4.79 Å². The molecule has 180 valence electrons. The molecular formula is C24H29ClN6O3. The number of hydrogen-bond donors (Lipinski definition) is 2. The molecule has 0 atom stereocenters. The summed E-state index contributed by atoms with van der Waals surface area (Å²) in [4.78, 5) is 38.1. The fourth-order valence-corrected chi connectivity index (χ4v) is 3.91. The number of aromatic nitrogens is 4. The third kappa shape index (κ3) is 5.98. The largest absolute Gasteiger partial charge is 0.352 e. The van der Waals surface area contributed by atoms with Crippen LogP contribution < -0.4 is 21.8 Å². The predicted molar refractivity (Wildman–Crippen MR) is 131 cm³/mol. The van der Waals surface area contributed by atoms with E-state index in [1.165, 1.54) is 9.36 Å². The Morgan fingerprint density at radius 2 is 1.71 bits per heavy atom. The highest BCUT2D eigenvalue weighted by Crippen LogP contribution is 2.16. The van der Waals surface area contributed by atoms with Gasteiger partial charge in [0.1, 0.15) is 0 Å². The molecule has 0 fully saturated rings. The van der Waals surface area contributed by atoms with Gasteiger partial charge >= 0.3 is 0 Å². The van der Waals surface area contributed by atoms with Gasteiger partial charge in [-0.3, -0.25) is 14.4 Å². The Labute approximate surface area is 202 Å². The fraction of sp³-hybridized carbons (Fsp3) is 0.375. The maximum absolute atomic E-state index is 13.0. The Morgan fingerprint density at radius 1 is 1.00 bits per heavy atom. The molecule has 0 saturated carbocycles. The molecule has 0 radical (unpaired) electrons. The number of carbonyl (C=O) groups is 1. The van der Waals surface area contributed by atoms with E-state index in [1.807, 2.05) is 32.2 Å². The second-order valence-electron chi connectivity index (χ2n) is 8.22. The van der Waals surface area contributed by atoms with E-state index in [9.17, 15) is 14.4 Å². The number of nitrogens with one attached hydrogen (secondary N) is 2. The van der Waals surface area contributed by atoms with Gasteiger partial charge in [0, 0.05) is 42.8 Å². The van der Waals surface area contributed by atoms with Crippen LogP contribution in [0.15, 0.2) is 40.2 Å². The second kappa shape index (κ2) is 11.2. The molecule has 10 heteroatoms. The van der Waals surface area contributed by atoms with E-state index in [-0.39, 0.29) is 30.0 Å². The summed E-state index contributed by atoms with van der Waals surface area (Å²) >= 11 is 6.11. The molecule has 1 amide bonds. The molecule has 9 nitrogen and oxygen atoms in total. The standard InChI is InChI=1S/C24H29ClN6O3/c1-15-11-28-30(4)23(33)20(15)7-8-31-24(34)21(16(2)12-29-31)10-22(32)27-14-18-9-19(25)6-5-17(18)13-26-3/h5-6,9,11-12,26H,7-8,10,13-14H2,1-4H3,(H,27,32). The van der Waals surface area contributed by atoms with Gasteiger partial charge in [-0.2, -0.15) is 10.2 Å². The van der Waals surface area contributed by atoms with E-state index < -0.39 is 0 Å². The number of benzene rings is 1. The Hall–Kier alpha value is -3.30. The quantitative estimate of drug-likeness (QED) is 0.475. The van der Waals surface area contributed by atoms with Crippen LogP contribution in [0, 0.1) is 13.8 Å². The molecular weight excluding hydrogens is 456 g/mol. The molecule has 0 unspecified atom stereocenters. The first-order chi connectivity index (χ1) is 16.2. The van der Waals surface area contributed by atoms with Crippen molar-refractivity contribution in [1.29, 1.82) is 0 Å². The molecule has 0 spiro atoms. The third-order valence-corrected chi connectivity index (χ3v) is 5.97. The zero-order valence-corrected chi connectivity index (χ0v) is 20.6. The highest BCUT2D eigenvalue weighted by Gasteiger charge is 2.15. The first-order valence-electron chi connectivity index (χ1n) is 11.0. The summed E-state index contributed by atoms with van der Waals surface area (Å²) in [5.41, 5.74) is 3.79. The number of nitrogens with zero attached hydrogens (tertiary/aromatic N) is 4. The Morgan fingerprint density at radius 3 is 2.44 bits per heavy atom. The summed E-state index contributed by atoms with van der Waals surface area (Å²) in [6.45, 7) is 4.75. The third-order valence-electron chi connectivity index (χ3n) is 5.73. The lowest BCUT2D eigenvalue weighted by molar-refractivity contribution is -0.120. The van der Waals surface area contributed by atoms with E-state index in [0.29, 0.717) is 41.2 Å². The van der Waals surface area contributed by atoms with Gasteiger partial charge in [-0.1, -0.05) is 17.7 Å². The summed E-state index contributed by atoms with van der Waals surface area (Å²) in [6.07, 6.45) is 3.47. The zero-order chi connectivity index (χ0) is 24.8. The van der Waals surface area contributed by atoms with Gasteiger partial charge < -0.3 is 10.6 Å². The molecule has 1 aromatic carbocycles. The van der Waals surface area contributed by atoms with Crippen LogP contribution in [-0.2, 0) is 44.3 Å². The average Bonchev–Trinajstić information content (AvgIpc) is 2.80. The molecule has 2 aromatic heterocycles. The lowest BCUT2D eigenvalue weighted by Gasteiger charge is -2.13. The SMILES string of the molecule is CNCc1ccc(Cl)cc1CNC(=O)Cc1c(C)cnn(CCc2c(C)cnn(C)c2=O)c1=O. The van der Waals surface area contributed by atoms with E-state index in [1.54, 1.807) is 26.4 Å². The highest BCUT2D eigenvalue weighted by atomic mass is 35.5. The number of halogens is 1. The van der Waals surface area contributed by atoms with Crippen LogP contribution in [0.3, 0.4) is 0 Å². The van der Waals surface area contributed by atoms with Gasteiger partial charge in [-0.05, 0) is 61.7 Å². The maximum atomic E-state index is 13.0. The molecule has 3 rings (SSSR count). The minimum Gasteiger partial charge on any atom is -0.352 e. The van der Waals surface area contributed by atoms with Gasteiger partial charge in [0.25, 0.3) is 11.1 Å². The molecule has 3 aromatic rings. The van der Waals surface area contributed by atoms with Crippen LogP contribution in [0.2, 0.25) is 5.02 Å². The molecule has 2 N–H and O–H groups in total. The van der Waals surface area contributed by atoms with Gasteiger partial charge in [0.15, 0.2) is 0 Å². The molecule has 0 bridgehead atoms. The van der Waals surface area contributed by atoms with Crippen molar-refractivity contribution in [3.63, 3.8) is 0 Å². The number of aryl methyl sites for hydroxylation is 4. The first kappa shape index (κ1) is 25.3. The summed E-state index contributed by atoms with van der Waals surface area (Å²) in [5.74, 6) is -0.271. The monoisotopic (exact) mass is 484 g/mol. The van der Waals surface area contributed by atoms with Crippen molar-refractivity contribution in [2.75, 3.05) is 7.05 Å². The van der Waals surface area contributed by atoms with Gasteiger partial charge in [0.05, 0.1) is 18.8 Å². The fourth-order valence-electron chi connectivity index (χ4n) is 3.71. The Balaban J connectivity index is 1.72. The highest BCUT2D eigenvalue weighted by molar-refractivity contribution is 6.30. The second-order valence-corrected chi connectivity index (χ2v) is 8.65. The Bertz CT molecular complexity index is 1320. The van der Waals surface area contributed by atoms with Crippen molar-refractivity contribution in [1.82, 2.24) is 30.2 Å². The van der Waals surface area contributed by atoms with Gasteiger partial charge in [-0.25, -0.2) is 9.36 Å². The maximum Gasteiger partial charge on any atom is 0.270 e. The van der Waals surface area contributed by atoms with Crippen LogP contribution in [-0.4, -0.2) is 32.5 Å². The van der Waals surface area contributed by atoms with Crippen LogP contribution >= 0.6 is 11.6 Å². The van der Waals surface area contributed by atoms with Gasteiger partial charge in [-0.15, -0.1) is 0 Å². The van der Waals surface area contributed by atoms with E-state index >= 15 is 0 Å². The summed E-state index contributed by atoms with van der Waals surface area (Å²) in [7, 11) is 3.44.